The Labute approximate surface area is 184 Å². The Morgan fingerprint density at radius 1 is 1.16 bits per heavy atom. The number of aliphatic imine (C=N–C) groups is 1. The Hall–Kier alpha value is -2.81. The number of rotatable bonds is 9. The summed E-state index contributed by atoms with van der Waals surface area (Å²) in [6, 6.07) is 7.92. The number of amides is 2. The van der Waals surface area contributed by atoms with Crippen LogP contribution >= 0.6 is 0 Å². The van der Waals surface area contributed by atoms with Gasteiger partial charge < -0.3 is 29.9 Å². The zero-order chi connectivity index (χ0) is 22.6. The van der Waals surface area contributed by atoms with Crippen molar-refractivity contribution in [3.05, 3.63) is 29.8 Å². The molecule has 0 atom stereocenters. The molecule has 0 spiro atoms. The molecule has 0 saturated carbocycles. The van der Waals surface area contributed by atoms with Crippen molar-refractivity contribution in [1.82, 2.24) is 20.4 Å². The second-order valence-corrected chi connectivity index (χ2v) is 7.70. The van der Waals surface area contributed by atoms with Crippen molar-refractivity contribution in [3.8, 4) is 5.75 Å². The number of benzene rings is 1. The summed E-state index contributed by atoms with van der Waals surface area (Å²) in [4.78, 5) is 32.3. The van der Waals surface area contributed by atoms with Crippen LogP contribution in [0.25, 0.3) is 0 Å². The lowest BCUT2D eigenvalue weighted by atomic mass is 10.0. The van der Waals surface area contributed by atoms with Gasteiger partial charge in [0, 0.05) is 40.3 Å². The lowest BCUT2D eigenvalue weighted by Crippen LogP contribution is -2.51. The fraction of sp³-hybridized carbons (Fsp3) is 0.591. The first kappa shape index (κ1) is 24.5. The first-order chi connectivity index (χ1) is 14.9. The van der Waals surface area contributed by atoms with Gasteiger partial charge in [-0.1, -0.05) is 12.1 Å². The molecule has 0 unspecified atom stereocenters. The van der Waals surface area contributed by atoms with Crippen molar-refractivity contribution in [2.24, 2.45) is 4.99 Å². The molecule has 2 amide bonds. The van der Waals surface area contributed by atoms with Crippen molar-refractivity contribution in [3.63, 3.8) is 0 Å². The van der Waals surface area contributed by atoms with E-state index >= 15 is 0 Å². The highest BCUT2D eigenvalue weighted by atomic mass is 16.5. The van der Waals surface area contributed by atoms with Gasteiger partial charge in [-0.15, -0.1) is 0 Å². The largest absolute Gasteiger partial charge is 0.497 e. The first-order valence-corrected chi connectivity index (χ1v) is 10.6. The normalized spacial score (nSPS) is 14.8. The molecule has 2 N–H and O–H groups in total. The van der Waals surface area contributed by atoms with E-state index in [4.69, 9.17) is 9.47 Å². The van der Waals surface area contributed by atoms with Crippen molar-refractivity contribution in [1.29, 1.82) is 0 Å². The van der Waals surface area contributed by atoms with E-state index < -0.39 is 0 Å². The van der Waals surface area contributed by atoms with Crippen LogP contribution in [-0.4, -0.2) is 88.2 Å². The van der Waals surface area contributed by atoms with Crippen LogP contribution in [0.3, 0.4) is 0 Å². The molecule has 1 heterocycles. The predicted molar refractivity (Wildman–Crippen MR) is 120 cm³/mol. The van der Waals surface area contributed by atoms with Gasteiger partial charge in [-0.25, -0.2) is 4.99 Å². The van der Waals surface area contributed by atoms with Crippen molar-refractivity contribution in [2.75, 3.05) is 54.6 Å². The molecule has 0 bridgehead atoms. The van der Waals surface area contributed by atoms with E-state index in [1.165, 1.54) is 4.90 Å². The minimum atomic E-state index is -0.0301. The molecule has 1 aliphatic rings. The maximum absolute atomic E-state index is 12.2. The summed E-state index contributed by atoms with van der Waals surface area (Å²) in [5.74, 6) is 1.49. The third-order valence-electron chi connectivity index (χ3n) is 5.19. The summed E-state index contributed by atoms with van der Waals surface area (Å²) in [5.41, 5.74) is 1.04. The van der Waals surface area contributed by atoms with Crippen LogP contribution < -0.4 is 15.4 Å². The van der Waals surface area contributed by atoms with Gasteiger partial charge >= 0.3 is 0 Å². The molecule has 1 aromatic carbocycles. The molecule has 1 aliphatic heterocycles. The molecule has 1 fully saturated rings. The Morgan fingerprint density at radius 3 is 2.42 bits per heavy atom. The van der Waals surface area contributed by atoms with Gasteiger partial charge in [-0.2, -0.15) is 0 Å². The highest BCUT2D eigenvalue weighted by Crippen LogP contribution is 2.13. The zero-order valence-corrected chi connectivity index (χ0v) is 19.0. The van der Waals surface area contributed by atoms with E-state index in [2.05, 4.69) is 15.6 Å². The number of carbonyl (C=O) groups excluding carboxylic acids is 2. The molecular weight excluding hydrogens is 398 g/mol. The summed E-state index contributed by atoms with van der Waals surface area (Å²) in [6.07, 6.45) is 2.06. The van der Waals surface area contributed by atoms with E-state index in [1.807, 2.05) is 29.2 Å². The molecule has 172 valence electrons. The standard InChI is InChI=1S/C22H35N5O4/c1-26(2)21(29)16-24-22(23-15-17-5-7-19(31-4)8-6-17)25-18-9-12-27(13-10-18)20(28)11-14-30-3/h5-8,18H,9-16H2,1-4H3,(H2,23,24,25). The van der Waals surface area contributed by atoms with Crippen LogP contribution in [0, 0.1) is 0 Å². The van der Waals surface area contributed by atoms with Gasteiger partial charge in [0.25, 0.3) is 0 Å². The van der Waals surface area contributed by atoms with Crippen LogP contribution in [0.2, 0.25) is 0 Å². The summed E-state index contributed by atoms with van der Waals surface area (Å²) in [7, 11) is 6.69. The van der Waals surface area contributed by atoms with Crippen molar-refractivity contribution < 1.29 is 19.1 Å². The SMILES string of the molecule is COCCC(=O)N1CCC(NC(=NCc2ccc(OC)cc2)NCC(=O)N(C)C)CC1. The molecule has 9 nitrogen and oxygen atoms in total. The summed E-state index contributed by atoms with van der Waals surface area (Å²) in [6.45, 7) is 2.48. The molecule has 1 aromatic rings. The van der Waals surface area contributed by atoms with Gasteiger partial charge in [0.15, 0.2) is 5.96 Å². The Kier molecular flexibility index (Phi) is 10.1. The average Bonchev–Trinajstić information content (AvgIpc) is 2.79. The van der Waals surface area contributed by atoms with Crippen molar-refractivity contribution >= 4 is 17.8 Å². The van der Waals surface area contributed by atoms with Gasteiger partial charge in [0.1, 0.15) is 5.75 Å². The minimum absolute atomic E-state index is 0.0301. The van der Waals surface area contributed by atoms with E-state index in [-0.39, 0.29) is 24.4 Å². The highest BCUT2D eigenvalue weighted by Gasteiger charge is 2.23. The maximum atomic E-state index is 12.2. The lowest BCUT2D eigenvalue weighted by Gasteiger charge is -2.33. The second-order valence-electron chi connectivity index (χ2n) is 7.70. The summed E-state index contributed by atoms with van der Waals surface area (Å²) < 4.78 is 10.2. The van der Waals surface area contributed by atoms with Gasteiger partial charge in [-0.3, -0.25) is 9.59 Å². The third-order valence-corrected chi connectivity index (χ3v) is 5.19. The minimum Gasteiger partial charge on any atom is -0.497 e. The number of piperidine rings is 1. The van der Waals surface area contributed by atoms with E-state index in [0.29, 0.717) is 38.6 Å². The maximum Gasteiger partial charge on any atom is 0.241 e. The molecule has 0 aliphatic carbocycles. The molecule has 9 heteroatoms. The monoisotopic (exact) mass is 433 g/mol. The number of guanidine groups is 1. The lowest BCUT2D eigenvalue weighted by molar-refractivity contribution is -0.133. The van der Waals surface area contributed by atoms with Crippen LogP contribution in [0.5, 0.6) is 5.75 Å². The Morgan fingerprint density at radius 2 is 1.84 bits per heavy atom. The van der Waals surface area contributed by atoms with Gasteiger partial charge in [-0.05, 0) is 30.5 Å². The smallest absolute Gasteiger partial charge is 0.241 e. The number of hydrogen-bond donors (Lipinski definition) is 2. The highest BCUT2D eigenvalue weighted by molar-refractivity contribution is 5.86. The number of nitrogens with zero attached hydrogens (tertiary/aromatic N) is 3. The summed E-state index contributed by atoms with van der Waals surface area (Å²) >= 11 is 0. The van der Waals surface area contributed by atoms with E-state index in [9.17, 15) is 9.59 Å². The van der Waals surface area contributed by atoms with Crippen LogP contribution in [0.15, 0.2) is 29.3 Å². The number of methoxy groups -OCH3 is 2. The van der Waals surface area contributed by atoms with E-state index in [0.717, 1.165) is 24.2 Å². The third kappa shape index (κ3) is 8.45. The van der Waals surface area contributed by atoms with Gasteiger partial charge in [0.2, 0.25) is 11.8 Å². The summed E-state index contributed by atoms with van der Waals surface area (Å²) in [5, 5.41) is 6.56. The molecule has 2 rings (SSSR count). The molecule has 31 heavy (non-hydrogen) atoms. The average molecular weight is 434 g/mol. The number of hydrogen-bond acceptors (Lipinski definition) is 5. The van der Waals surface area contributed by atoms with Crippen LogP contribution in [0.1, 0.15) is 24.8 Å². The van der Waals surface area contributed by atoms with Crippen LogP contribution in [0.4, 0.5) is 0 Å². The first-order valence-electron chi connectivity index (χ1n) is 10.6. The molecule has 1 saturated heterocycles. The van der Waals surface area contributed by atoms with Crippen LogP contribution in [-0.2, 0) is 20.9 Å². The topological polar surface area (TPSA) is 95.5 Å². The fourth-order valence-corrected chi connectivity index (χ4v) is 3.19. The Balaban J connectivity index is 1.94. The fourth-order valence-electron chi connectivity index (χ4n) is 3.19. The molecule has 0 aromatic heterocycles. The van der Waals surface area contributed by atoms with Gasteiger partial charge in [0.05, 0.1) is 33.2 Å². The molecular formula is C22H35N5O4. The van der Waals surface area contributed by atoms with E-state index in [1.54, 1.807) is 28.3 Å². The zero-order valence-electron chi connectivity index (χ0n) is 19.0. The van der Waals surface area contributed by atoms with Crippen molar-refractivity contribution in [2.45, 2.75) is 31.8 Å². The number of ether oxygens (including phenoxy) is 2. The quantitative estimate of drug-likeness (QED) is 0.443. The molecule has 0 radical (unpaired) electrons. The number of carbonyl (C=O) groups is 2. The second kappa shape index (κ2) is 12.8. The number of likely N-dealkylation sites (tertiary alicyclic amines) is 1. The predicted octanol–water partition coefficient (Wildman–Crippen LogP) is 0.846. The Bertz CT molecular complexity index is 728. The number of nitrogens with one attached hydrogen (secondary N) is 2. The number of likely N-dealkylation sites (N-methyl/N-ethyl adjacent to an activating group) is 1.